The Morgan fingerprint density at radius 3 is 2.43 bits per heavy atom. The summed E-state index contributed by atoms with van der Waals surface area (Å²) in [6.07, 6.45) is 3.49. The highest BCUT2D eigenvalue weighted by Crippen LogP contribution is 2.27. The van der Waals surface area contributed by atoms with Crippen LogP contribution in [0.5, 0.6) is 0 Å². The van der Waals surface area contributed by atoms with Crippen molar-refractivity contribution in [2.75, 3.05) is 5.32 Å². The lowest BCUT2D eigenvalue weighted by molar-refractivity contribution is 0.102. The number of amides is 1. The van der Waals surface area contributed by atoms with Crippen LogP contribution in [0.3, 0.4) is 0 Å². The fourth-order valence-electron chi connectivity index (χ4n) is 2.35. The summed E-state index contributed by atoms with van der Waals surface area (Å²) in [5.74, 6) is -0.0462. The van der Waals surface area contributed by atoms with Gasteiger partial charge in [0.05, 0.1) is 5.56 Å². The summed E-state index contributed by atoms with van der Waals surface area (Å²) in [5.41, 5.74) is 2.90. The minimum atomic E-state index is -0.0462. The predicted octanol–water partition coefficient (Wildman–Crippen LogP) is 5.78. The van der Waals surface area contributed by atoms with Crippen LogP contribution >= 0.6 is 11.8 Å². The van der Waals surface area contributed by atoms with Crippen molar-refractivity contribution in [1.29, 1.82) is 0 Å². The number of rotatable bonds is 7. The van der Waals surface area contributed by atoms with Crippen molar-refractivity contribution in [3.05, 3.63) is 59.7 Å². The van der Waals surface area contributed by atoms with Crippen molar-refractivity contribution in [3.63, 3.8) is 0 Å². The largest absolute Gasteiger partial charge is 0.322 e. The van der Waals surface area contributed by atoms with Gasteiger partial charge in [0.25, 0.3) is 5.91 Å². The molecule has 2 aromatic carbocycles. The Balaban J connectivity index is 2.07. The summed E-state index contributed by atoms with van der Waals surface area (Å²) in [7, 11) is 0. The van der Waals surface area contributed by atoms with E-state index in [-0.39, 0.29) is 5.91 Å². The number of benzene rings is 2. The van der Waals surface area contributed by atoms with Gasteiger partial charge in [-0.15, -0.1) is 11.8 Å². The third-order valence-corrected chi connectivity index (χ3v) is 4.61. The Morgan fingerprint density at radius 2 is 1.78 bits per heavy atom. The molecule has 0 fully saturated rings. The Labute approximate surface area is 143 Å². The van der Waals surface area contributed by atoms with E-state index in [9.17, 15) is 4.79 Å². The van der Waals surface area contributed by atoms with Crippen LogP contribution in [0.4, 0.5) is 5.69 Å². The van der Waals surface area contributed by atoms with Gasteiger partial charge in [0, 0.05) is 15.8 Å². The molecule has 0 saturated carbocycles. The van der Waals surface area contributed by atoms with Crippen molar-refractivity contribution >= 4 is 23.4 Å². The number of thioether (sulfide) groups is 1. The number of hydrogen-bond donors (Lipinski definition) is 1. The minimum Gasteiger partial charge on any atom is -0.322 e. The third-order valence-electron chi connectivity index (χ3n) is 3.53. The second-order valence-corrected chi connectivity index (χ2v) is 7.54. The highest BCUT2D eigenvalue weighted by atomic mass is 32.2. The van der Waals surface area contributed by atoms with E-state index >= 15 is 0 Å². The van der Waals surface area contributed by atoms with Crippen LogP contribution in [0, 0.1) is 0 Å². The standard InChI is InChI=1S/C20H25NOS/c1-4-5-8-16-11-13-17(14-12-16)21-20(22)18-9-6-7-10-19(18)23-15(2)3/h6-7,9-15H,4-5,8H2,1-3H3,(H,21,22). The molecule has 0 saturated heterocycles. The van der Waals surface area contributed by atoms with Crippen LogP contribution < -0.4 is 5.32 Å². The highest BCUT2D eigenvalue weighted by molar-refractivity contribution is 8.00. The fourth-order valence-corrected chi connectivity index (χ4v) is 3.30. The first-order valence-electron chi connectivity index (χ1n) is 8.26. The zero-order valence-electron chi connectivity index (χ0n) is 14.1. The number of aryl methyl sites for hydroxylation is 1. The van der Waals surface area contributed by atoms with Gasteiger partial charge < -0.3 is 5.32 Å². The van der Waals surface area contributed by atoms with E-state index in [1.165, 1.54) is 18.4 Å². The van der Waals surface area contributed by atoms with Gasteiger partial charge >= 0.3 is 0 Å². The second kappa shape index (κ2) is 8.78. The van der Waals surface area contributed by atoms with Gasteiger partial charge in [-0.1, -0.05) is 51.5 Å². The van der Waals surface area contributed by atoms with E-state index in [4.69, 9.17) is 0 Å². The van der Waals surface area contributed by atoms with Gasteiger partial charge in [-0.05, 0) is 42.7 Å². The number of carbonyl (C=O) groups is 1. The van der Waals surface area contributed by atoms with E-state index in [0.717, 1.165) is 22.6 Å². The van der Waals surface area contributed by atoms with Gasteiger partial charge in [-0.2, -0.15) is 0 Å². The molecule has 0 aromatic heterocycles. The zero-order valence-corrected chi connectivity index (χ0v) is 15.0. The third kappa shape index (κ3) is 5.43. The first-order chi connectivity index (χ1) is 11.1. The Morgan fingerprint density at radius 1 is 1.09 bits per heavy atom. The van der Waals surface area contributed by atoms with Gasteiger partial charge in [0.1, 0.15) is 0 Å². The van der Waals surface area contributed by atoms with E-state index in [1.807, 2.05) is 36.4 Å². The average molecular weight is 327 g/mol. The van der Waals surface area contributed by atoms with Crippen LogP contribution in [-0.4, -0.2) is 11.2 Å². The first kappa shape index (κ1) is 17.6. The molecule has 0 spiro atoms. The smallest absolute Gasteiger partial charge is 0.256 e. The van der Waals surface area contributed by atoms with Gasteiger partial charge in [-0.25, -0.2) is 0 Å². The Hall–Kier alpha value is -1.74. The number of anilines is 1. The van der Waals surface area contributed by atoms with E-state index in [0.29, 0.717) is 5.25 Å². The number of hydrogen-bond acceptors (Lipinski definition) is 2. The predicted molar refractivity (Wildman–Crippen MR) is 100 cm³/mol. The molecule has 23 heavy (non-hydrogen) atoms. The maximum Gasteiger partial charge on any atom is 0.256 e. The van der Waals surface area contributed by atoms with Crippen LogP contribution in [0.25, 0.3) is 0 Å². The lowest BCUT2D eigenvalue weighted by atomic mass is 10.1. The molecular formula is C20H25NOS. The number of unbranched alkanes of at least 4 members (excludes halogenated alkanes) is 1. The van der Waals surface area contributed by atoms with E-state index in [1.54, 1.807) is 11.8 Å². The molecule has 3 heteroatoms. The van der Waals surface area contributed by atoms with Gasteiger partial charge in [0.15, 0.2) is 0 Å². The zero-order chi connectivity index (χ0) is 16.7. The topological polar surface area (TPSA) is 29.1 Å². The molecule has 1 N–H and O–H groups in total. The molecule has 0 atom stereocenters. The van der Waals surface area contributed by atoms with E-state index < -0.39 is 0 Å². The molecule has 122 valence electrons. The molecule has 0 unspecified atom stereocenters. The van der Waals surface area contributed by atoms with E-state index in [2.05, 4.69) is 38.2 Å². The van der Waals surface area contributed by atoms with Crippen molar-refractivity contribution in [2.24, 2.45) is 0 Å². The fraction of sp³-hybridized carbons (Fsp3) is 0.350. The van der Waals surface area contributed by atoms with Crippen LogP contribution in [0.15, 0.2) is 53.4 Å². The summed E-state index contributed by atoms with van der Waals surface area (Å²) in [6, 6.07) is 15.9. The van der Waals surface area contributed by atoms with Crippen molar-refractivity contribution in [2.45, 2.75) is 50.2 Å². The average Bonchev–Trinajstić information content (AvgIpc) is 2.54. The molecule has 2 rings (SSSR count). The molecule has 2 aromatic rings. The van der Waals surface area contributed by atoms with Crippen LogP contribution in [0.1, 0.15) is 49.5 Å². The number of nitrogens with one attached hydrogen (secondary N) is 1. The Bertz CT molecular complexity index is 634. The lowest BCUT2D eigenvalue weighted by Gasteiger charge is -2.12. The molecule has 0 aliphatic heterocycles. The maximum absolute atomic E-state index is 12.5. The molecule has 0 radical (unpaired) electrons. The normalized spacial score (nSPS) is 10.8. The monoisotopic (exact) mass is 327 g/mol. The minimum absolute atomic E-state index is 0.0462. The molecule has 0 aliphatic rings. The first-order valence-corrected chi connectivity index (χ1v) is 9.14. The van der Waals surface area contributed by atoms with Crippen LogP contribution in [-0.2, 0) is 6.42 Å². The summed E-state index contributed by atoms with van der Waals surface area (Å²) in [4.78, 5) is 13.6. The van der Waals surface area contributed by atoms with Crippen LogP contribution in [0.2, 0.25) is 0 Å². The van der Waals surface area contributed by atoms with Crippen molar-refractivity contribution < 1.29 is 4.79 Å². The van der Waals surface area contributed by atoms with Crippen molar-refractivity contribution in [3.8, 4) is 0 Å². The Kier molecular flexibility index (Phi) is 6.72. The summed E-state index contributed by atoms with van der Waals surface area (Å²) >= 11 is 1.71. The second-order valence-electron chi connectivity index (χ2n) is 5.92. The summed E-state index contributed by atoms with van der Waals surface area (Å²) < 4.78 is 0. The molecule has 1 amide bonds. The summed E-state index contributed by atoms with van der Waals surface area (Å²) in [6.45, 7) is 6.46. The SMILES string of the molecule is CCCCc1ccc(NC(=O)c2ccccc2SC(C)C)cc1. The van der Waals surface area contributed by atoms with Gasteiger partial charge in [-0.3, -0.25) is 4.79 Å². The molecule has 2 nitrogen and oxygen atoms in total. The highest BCUT2D eigenvalue weighted by Gasteiger charge is 2.12. The molecule has 0 bridgehead atoms. The molecular weight excluding hydrogens is 302 g/mol. The van der Waals surface area contributed by atoms with Gasteiger partial charge in [0.2, 0.25) is 0 Å². The quantitative estimate of drug-likeness (QED) is 0.653. The number of carbonyl (C=O) groups excluding carboxylic acids is 1. The van der Waals surface area contributed by atoms with Crippen molar-refractivity contribution in [1.82, 2.24) is 0 Å². The maximum atomic E-state index is 12.5. The molecule has 0 heterocycles. The molecule has 0 aliphatic carbocycles. The lowest BCUT2D eigenvalue weighted by Crippen LogP contribution is -2.13. The summed E-state index contributed by atoms with van der Waals surface area (Å²) in [5, 5.41) is 3.45.